The molecule has 0 aromatic heterocycles. The predicted octanol–water partition coefficient (Wildman–Crippen LogP) is 0.158. The molecule has 4 nitrogen and oxygen atoms in total. The second kappa shape index (κ2) is 4.85. The number of carbonyl (C=O) groups excluding carboxylic acids is 1. The Balaban J connectivity index is 3.60. The van der Waals surface area contributed by atoms with E-state index in [1.54, 1.807) is 6.92 Å². The zero-order chi connectivity index (χ0) is 8.85. The van der Waals surface area contributed by atoms with Gasteiger partial charge in [-0.05, 0) is 6.42 Å². The van der Waals surface area contributed by atoms with Crippen LogP contribution in [0.25, 0.3) is 0 Å². The Morgan fingerprint density at radius 2 is 2.09 bits per heavy atom. The van der Waals surface area contributed by atoms with Crippen LogP contribution in [0.2, 0.25) is 0 Å². The van der Waals surface area contributed by atoms with Gasteiger partial charge in [0, 0.05) is 12.8 Å². The van der Waals surface area contributed by atoms with Crippen LogP contribution in [0.1, 0.15) is 26.2 Å². The molecular formula is C7H13NO3. The second-order valence-electron chi connectivity index (χ2n) is 2.36. The zero-order valence-electron chi connectivity index (χ0n) is 6.54. The molecule has 64 valence electrons. The number of ketones is 1. The number of rotatable bonds is 5. The fourth-order valence-corrected chi connectivity index (χ4v) is 0.702. The molecule has 0 aliphatic heterocycles. The summed E-state index contributed by atoms with van der Waals surface area (Å²) in [6.45, 7) is 1.71. The first-order valence-corrected chi connectivity index (χ1v) is 3.58. The molecule has 0 aliphatic rings. The second-order valence-corrected chi connectivity index (χ2v) is 2.36. The number of Topliss-reactive ketones (excluding diaryl/α,β-unsaturated/α-hetero) is 1. The summed E-state index contributed by atoms with van der Waals surface area (Å²) in [7, 11) is 0. The molecule has 0 aromatic rings. The third-order valence-corrected chi connectivity index (χ3v) is 1.43. The lowest BCUT2D eigenvalue weighted by Crippen LogP contribution is -2.30. The Hall–Kier alpha value is -0.900. The van der Waals surface area contributed by atoms with Crippen LogP contribution in [-0.4, -0.2) is 22.9 Å². The highest BCUT2D eigenvalue weighted by Crippen LogP contribution is 1.97. The summed E-state index contributed by atoms with van der Waals surface area (Å²) < 4.78 is 0. The van der Waals surface area contributed by atoms with Crippen molar-refractivity contribution in [3.8, 4) is 0 Å². The van der Waals surface area contributed by atoms with Crippen molar-refractivity contribution in [2.45, 2.75) is 32.2 Å². The van der Waals surface area contributed by atoms with Gasteiger partial charge in [0.2, 0.25) is 0 Å². The lowest BCUT2D eigenvalue weighted by Gasteiger charge is -2.05. The lowest BCUT2D eigenvalue weighted by atomic mass is 10.1. The van der Waals surface area contributed by atoms with Crippen molar-refractivity contribution in [2.75, 3.05) is 0 Å². The topological polar surface area (TPSA) is 80.4 Å². The number of nitrogens with two attached hydrogens (primary N) is 1. The molecule has 3 N–H and O–H groups in total. The minimum atomic E-state index is -0.913. The Morgan fingerprint density at radius 3 is 2.45 bits per heavy atom. The van der Waals surface area contributed by atoms with Crippen molar-refractivity contribution < 1.29 is 14.7 Å². The standard InChI is InChI=1S/C7H13NO3/c1-2-6(9)5(8)3-4-7(10)11/h5H,2-4,8H2,1H3,(H,10,11)/t5-/m1/s1. The van der Waals surface area contributed by atoms with E-state index in [9.17, 15) is 9.59 Å². The van der Waals surface area contributed by atoms with Crippen LogP contribution in [0, 0.1) is 0 Å². The average molecular weight is 159 g/mol. The summed E-state index contributed by atoms with van der Waals surface area (Å²) in [6, 6.07) is -0.601. The van der Waals surface area contributed by atoms with Gasteiger partial charge < -0.3 is 10.8 Å². The smallest absolute Gasteiger partial charge is 0.303 e. The molecule has 0 rings (SSSR count). The number of carboxylic acids is 1. The molecule has 0 saturated heterocycles. The SMILES string of the molecule is CCC(=O)[C@H](N)CCC(=O)O. The Bertz CT molecular complexity index is 156. The van der Waals surface area contributed by atoms with Crippen LogP contribution in [0.15, 0.2) is 0 Å². The van der Waals surface area contributed by atoms with Crippen molar-refractivity contribution in [3.63, 3.8) is 0 Å². The highest BCUT2D eigenvalue weighted by molar-refractivity contribution is 5.83. The van der Waals surface area contributed by atoms with Crippen molar-refractivity contribution in [1.29, 1.82) is 0 Å². The van der Waals surface area contributed by atoms with E-state index in [0.29, 0.717) is 6.42 Å². The molecule has 0 bridgehead atoms. The van der Waals surface area contributed by atoms with Crippen LogP contribution in [0.3, 0.4) is 0 Å². The number of carboxylic acid groups (broad SMARTS) is 1. The van der Waals surface area contributed by atoms with Gasteiger partial charge >= 0.3 is 5.97 Å². The molecule has 0 spiro atoms. The maximum absolute atomic E-state index is 10.8. The predicted molar refractivity (Wildman–Crippen MR) is 40.1 cm³/mol. The van der Waals surface area contributed by atoms with E-state index in [0.717, 1.165) is 0 Å². The molecule has 1 atom stereocenters. The molecule has 11 heavy (non-hydrogen) atoms. The molecule has 0 radical (unpaired) electrons. The van der Waals surface area contributed by atoms with Crippen LogP contribution < -0.4 is 5.73 Å². The van der Waals surface area contributed by atoms with Crippen LogP contribution in [0.5, 0.6) is 0 Å². The van der Waals surface area contributed by atoms with Gasteiger partial charge in [0.05, 0.1) is 6.04 Å². The van der Waals surface area contributed by atoms with Crippen molar-refractivity contribution in [3.05, 3.63) is 0 Å². The monoisotopic (exact) mass is 159 g/mol. The van der Waals surface area contributed by atoms with E-state index < -0.39 is 12.0 Å². The molecule has 4 heteroatoms. The van der Waals surface area contributed by atoms with E-state index in [2.05, 4.69) is 0 Å². The first kappa shape index (κ1) is 10.1. The van der Waals surface area contributed by atoms with Crippen molar-refractivity contribution >= 4 is 11.8 Å². The van der Waals surface area contributed by atoms with Gasteiger partial charge in [0.15, 0.2) is 0 Å². The van der Waals surface area contributed by atoms with E-state index in [1.165, 1.54) is 0 Å². The van der Waals surface area contributed by atoms with Gasteiger partial charge in [0.25, 0.3) is 0 Å². The van der Waals surface area contributed by atoms with Crippen molar-refractivity contribution in [1.82, 2.24) is 0 Å². The molecule has 0 amide bonds. The average Bonchev–Trinajstić information content (AvgIpc) is 1.98. The summed E-state index contributed by atoms with van der Waals surface area (Å²) in [6.07, 6.45) is 0.579. The van der Waals surface area contributed by atoms with Crippen LogP contribution in [-0.2, 0) is 9.59 Å². The molecule has 0 fully saturated rings. The van der Waals surface area contributed by atoms with Crippen LogP contribution >= 0.6 is 0 Å². The summed E-state index contributed by atoms with van der Waals surface area (Å²) in [5, 5.41) is 8.25. The van der Waals surface area contributed by atoms with E-state index in [-0.39, 0.29) is 18.6 Å². The molecule has 0 unspecified atom stereocenters. The van der Waals surface area contributed by atoms with Crippen LogP contribution in [0.4, 0.5) is 0 Å². The largest absolute Gasteiger partial charge is 0.481 e. The number of hydrogen-bond donors (Lipinski definition) is 2. The third kappa shape index (κ3) is 4.50. The van der Waals surface area contributed by atoms with Gasteiger partial charge in [-0.15, -0.1) is 0 Å². The third-order valence-electron chi connectivity index (χ3n) is 1.43. The minimum absolute atomic E-state index is 0.0348. The molecule has 0 aliphatic carbocycles. The lowest BCUT2D eigenvalue weighted by molar-refractivity contribution is -0.137. The Kier molecular flexibility index (Phi) is 4.45. The fraction of sp³-hybridized carbons (Fsp3) is 0.714. The normalized spacial score (nSPS) is 12.5. The van der Waals surface area contributed by atoms with Gasteiger partial charge in [-0.3, -0.25) is 9.59 Å². The summed E-state index contributed by atoms with van der Waals surface area (Å²) in [5.41, 5.74) is 5.36. The zero-order valence-corrected chi connectivity index (χ0v) is 6.54. The van der Waals surface area contributed by atoms with E-state index >= 15 is 0 Å². The maximum Gasteiger partial charge on any atom is 0.303 e. The first-order chi connectivity index (χ1) is 5.07. The first-order valence-electron chi connectivity index (χ1n) is 3.58. The van der Waals surface area contributed by atoms with Crippen molar-refractivity contribution in [2.24, 2.45) is 5.73 Å². The van der Waals surface area contributed by atoms with E-state index in [1.807, 2.05) is 0 Å². The van der Waals surface area contributed by atoms with Gasteiger partial charge in [-0.2, -0.15) is 0 Å². The summed E-state index contributed by atoms with van der Waals surface area (Å²) in [5.74, 6) is -0.990. The molecular weight excluding hydrogens is 146 g/mol. The maximum atomic E-state index is 10.8. The highest BCUT2D eigenvalue weighted by atomic mass is 16.4. The fourth-order valence-electron chi connectivity index (χ4n) is 0.702. The summed E-state index contributed by atoms with van der Waals surface area (Å²) >= 11 is 0. The van der Waals surface area contributed by atoms with Gasteiger partial charge in [0.1, 0.15) is 5.78 Å². The molecule has 0 saturated carbocycles. The van der Waals surface area contributed by atoms with Gasteiger partial charge in [-0.1, -0.05) is 6.92 Å². The van der Waals surface area contributed by atoms with Gasteiger partial charge in [-0.25, -0.2) is 0 Å². The molecule has 0 aromatic carbocycles. The Morgan fingerprint density at radius 1 is 1.55 bits per heavy atom. The summed E-state index contributed by atoms with van der Waals surface area (Å²) in [4.78, 5) is 20.9. The molecule has 0 heterocycles. The number of hydrogen-bond acceptors (Lipinski definition) is 3. The minimum Gasteiger partial charge on any atom is -0.481 e. The quantitative estimate of drug-likeness (QED) is 0.598. The number of carbonyl (C=O) groups is 2. The highest BCUT2D eigenvalue weighted by Gasteiger charge is 2.11. The van der Waals surface area contributed by atoms with E-state index in [4.69, 9.17) is 10.8 Å². The number of aliphatic carboxylic acids is 1. The Labute approximate surface area is 65.4 Å².